The van der Waals surface area contributed by atoms with E-state index in [0.717, 1.165) is 10.3 Å². The van der Waals surface area contributed by atoms with Crippen molar-refractivity contribution in [1.82, 2.24) is 20.0 Å². The van der Waals surface area contributed by atoms with Gasteiger partial charge in [0.05, 0.1) is 25.7 Å². The first kappa shape index (κ1) is 20.1. The van der Waals surface area contributed by atoms with Crippen LogP contribution < -0.4 is 20.7 Å². The van der Waals surface area contributed by atoms with Crippen molar-refractivity contribution in [3.05, 3.63) is 29.8 Å². The molecule has 1 aliphatic heterocycles. The average Bonchev–Trinajstić information content (AvgIpc) is 3.16. The molecule has 0 unspecified atom stereocenters. The smallest absolute Gasteiger partial charge is 0.430 e. The molecule has 3 aromatic rings. The highest BCUT2D eigenvalue weighted by Gasteiger charge is 2.34. The molecule has 0 saturated carbocycles. The molecule has 1 fully saturated rings. The van der Waals surface area contributed by atoms with E-state index >= 15 is 0 Å². The highest BCUT2D eigenvalue weighted by atomic mass is 32.1. The lowest BCUT2D eigenvalue weighted by Crippen LogP contribution is -2.57. The normalized spacial score (nSPS) is 19.6. The van der Waals surface area contributed by atoms with Gasteiger partial charge in [0.15, 0.2) is 10.6 Å². The number of benzene rings is 1. The largest absolute Gasteiger partial charge is 0.497 e. The lowest BCUT2D eigenvalue weighted by atomic mass is 10.1. The van der Waals surface area contributed by atoms with Crippen LogP contribution in [0.15, 0.2) is 29.8 Å². The van der Waals surface area contributed by atoms with Gasteiger partial charge < -0.3 is 20.2 Å². The Morgan fingerprint density at radius 3 is 2.57 bits per heavy atom. The first-order valence-electron chi connectivity index (χ1n) is 9.47. The lowest BCUT2D eigenvalue weighted by Gasteiger charge is -2.43. The minimum atomic E-state index is -0.541. The SMILES string of the molecule is COc1ccc(NC(=O)ON2C[C@@H](C)N(c3nc(N)nc4scnc34)[C@@H](C)C2)cc1. The van der Waals surface area contributed by atoms with Crippen molar-refractivity contribution in [2.75, 3.05) is 36.1 Å². The fraction of sp³-hybridized carbons (Fsp3) is 0.368. The van der Waals surface area contributed by atoms with Gasteiger partial charge in [0.1, 0.15) is 11.3 Å². The fourth-order valence-corrected chi connectivity index (χ4v) is 4.30. The van der Waals surface area contributed by atoms with Crippen LogP contribution in [-0.2, 0) is 4.84 Å². The Hall–Kier alpha value is -3.18. The number of anilines is 3. The van der Waals surface area contributed by atoms with Crippen LogP contribution in [0.3, 0.4) is 0 Å². The van der Waals surface area contributed by atoms with Gasteiger partial charge in [0.25, 0.3) is 0 Å². The van der Waals surface area contributed by atoms with Gasteiger partial charge in [-0.05, 0) is 38.1 Å². The maximum Gasteiger partial charge on any atom is 0.430 e. The maximum atomic E-state index is 12.3. The number of nitrogens with two attached hydrogens (primary N) is 1. The van der Waals surface area contributed by atoms with Crippen LogP contribution in [0.25, 0.3) is 10.3 Å². The second-order valence-electron chi connectivity index (χ2n) is 7.10. The van der Waals surface area contributed by atoms with Crippen LogP contribution >= 0.6 is 11.3 Å². The Kier molecular flexibility index (Phi) is 5.55. The number of carbonyl (C=O) groups excluding carboxylic acids is 1. The number of hydroxylamine groups is 2. The van der Waals surface area contributed by atoms with Crippen molar-refractivity contribution in [3.63, 3.8) is 0 Å². The van der Waals surface area contributed by atoms with E-state index in [1.807, 2.05) is 13.8 Å². The number of nitrogen functional groups attached to an aromatic ring is 1. The van der Waals surface area contributed by atoms with Crippen molar-refractivity contribution < 1.29 is 14.4 Å². The van der Waals surface area contributed by atoms with Crippen molar-refractivity contribution in [3.8, 4) is 5.75 Å². The zero-order valence-electron chi connectivity index (χ0n) is 16.9. The molecule has 3 heterocycles. The molecule has 1 aromatic carbocycles. The zero-order valence-corrected chi connectivity index (χ0v) is 17.7. The predicted octanol–water partition coefficient (Wildman–Crippen LogP) is 2.74. The molecule has 1 amide bonds. The number of thiazole rings is 1. The number of hydrogen-bond acceptors (Lipinski definition) is 10. The molecule has 0 spiro atoms. The molecule has 2 aromatic heterocycles. The van der Waals surface area contributed by atoms with Crippen LogP contribution in [0.5, 0.6) is 5.75 Å². The number of ether oxygens (including phenoxy) is 1. The molecule has 11 heteroatoms. The quantitative estimate of drug-likeness (QED) is 0.645. The molecule has 4 rings (SSSR count). The summed E-state index contributed by atoms with van der Waals surface area (Å²) in [4.78, 5) is 33.9. The van der Waals surface area contributed by atoms with Crippen LogP contribution in [0.1, 0.15) is 13.8 Å². The summed E-state index contributed by atoms with van der Waals surface area (Å²) in [6.45, 7) is 5.11. The highest BCUT2D eigenvalue weighted by molar-refractivity contribution is 7.16. The molecular formula is C19H23N7O3S. The molecule has 3 N–H and O–H groups in total. The molecule has 1 aliphatic rings. The van der Waals surface area contributed by atoms with Gasteiger partial charge in [-0.1, -0.05) is 0 Å². The Labute approximate surface area is 177 Å². The van der Waals surface area contributed by atoms with E-state index in [4.69, 9.17) is 15.3 Å². The number of nitrogens with one attached hydrogen (secondary N) is 1. The van der Waals surface area contributed by atoms with Crippen LogP contribution in [0.4, 0.5) is 22.2 Å². The number of carbonyl (C=O) groups is 1. The third-order valence-corrected chi connectivity index (χ3v) is 5.59. The van der Waals surface area contributed by atoms with Crippen molar-refractivity contribution in [2.45, 2.75) is 25.9 Å². The zero-order chi connectivity index (χ0) is 21.3. The Bertz CT molecular complexity index is 1030. The van der Waals surface area contributed by atoms with Crippen LogP contribution in [0, 0.1) is 0 Å². The molecule has 2 atom stereocenters. The Morgan fingerprint density at radius 1 is 1.20 bits per heavy atom. The molecule has 158 valence electrons. The number of fused-ring (bicyclic) bond motifs is 1. The molecule has 0 bridgehead atoms. The second-order valence-corrected chi connectivity index (χ2v) is 7.93. The number of nitrogens with zero attached hydrogens (tertiary/aromatic N) is 5. The summed E-state index contributed by atoms with van der Waals surface area (Å²) in [6, 6.07) is 7.07. The third kappa shape index (κ3) is 4.07. The van der Waals surface area contributed by atoms with Gasteiger partial charge in [0, 0.05) is 17.8 Å². The molecule has 10 nitrogen and oxygen atoms in total. The lowest BCUT2D eigenvalue weighted by molar-refractivity contribution is -0.111. The molecule has 0 aliphatic carbocycles. The summed E-state index contributed by atoms with van der Waals surface area (Å²) < 4.78 is 5.12. The van der Waals surface area contributed by atoms with E-state index in [9.17, 15) is 4.79 Å². The molecule has 0 radical (unpaired) electrons. The number of aromatic nitrogens is 3. The van der Waals surface area contributed by atoms with Gasteiger partial charge in [-0.25, -0.2) is 14.8 Å². The van der Waals surface area contributed by atoms with E-state index in [2.05, 4.69) is 25.2 Å². The van der Waals surface area contributed by atoms with E-state index in [1.54, 1.807) is 41.9 Å². The molecule has 30 heavy (non-hydrogen) atoms. The number of rotatable bonds is 4. The second kappa shape index (κ2) is 8.28. The van der Waals surface area contributed by atoms with E-state index in [0.29, 0.717) is 30.3 Å². The van der Waals surface area contributed by atoms with E-state index in [-0.39, 0.29) is 18.0 Å². The molecular weight excluding hydrogens is 406 g/mol. The highest BCUT2D eigenvalue weighted by Crippen LogP contribution is 2.31. The topological polar surface area (TPSA) is 119 Å². The number of methoxy groups -OCH3 is 1. The predicted molar refractivity (Wildman–Crippen MR) is 116 cm³/mol. The minimum absolute atomic E-state index is 0.0155. The standard InChI is InChI=1S/C19H23N7O3S/c1-11-8-25(29-19(27)22-13-4-6-14(28-3)7-5-13)9-12(2)26(11)16-15-17(30-10-21-15)24-18(20)23-16/h4-7,10-12H,8-9H2,1-3H3,(H,22,27)(H2,20,23,24)/t11-,12+. The van der Waals surface area contributed by atoms with E-state index in [1.165, 1.54) is 11.3 Å². The Balaban J connectivity index is 1.43. The Morgan fingerprint density at radius 2 is 1.90 bits per heavy atom. The summed E-state index contributed by atoms with van der Waals surface area (Å²) in [5.74, 6) is 1.65. The summed E-state index contributed by atoms with van der Waals surface area (Å²) >= 11 is 1.43. The van der Waals surface area contributed by atoms with Gasteiger partial charge >= 0.3 is 6.09 Å². The van der Waals surface area contributed by atoms with Crippen LogP contribution in [0.2, 0.25) is 0 Å². The van der Waals surface area contributed by atoms with Crippen molar-refractivity contribution in [1.29, 1.82) is 0 Å². The summed E-state index contributed by atoms with van der Waals surface area (Å²) in [5, 5.41) is 4.38. The average molecular weight is 430 g/mol. The van der Waals surface area contributed by atoms with Crippen molar-refractivity contribution in [2.24, 2.45) is 0 Å². The first-order valence-corrected chi connectivity index (χ1v) is 10.4. The van der Waals surface area contributed by atoms with Crippen LogP contribution in [-0.4, -0.2) is 58.4 Å². The monoisotopic (exact) mass is 429 g/mol. The van der Waals surface area contributed by atoms with Gasteiger partial charge in [-0.15, -0.1) is 16.4 Å². The minimum Gasteiger partial charge on any atom is -0.497 e. The molecule has 1 saturated heterocycles. The third-order valence-electron chi connectivity index (χ3n) is 4.88. The van der Waals surface area contributed by atoms with Gasteiger partial charge in [-0.2, -0.15) is 4.98 Å². The van der Waals surface area contributed by atoms with Crippen molar-refractivity contribution >= 4 is 45.2 Å². The maximum absolute atomic E-state index is 12.3. The summed E-state index contributed by atoms with van der Waals surface area (Å²) in [5.41, 5.74) is 9.00. The number of amides is 1. The first-order chi connectivity index (χ1) is 14.4. The van der Waals surface area contributed by atoms with E-state index < -0.39 is 6.09 Å². The fourth-order valence-electron chi connectivity index (χ4n) is 3.64. The number of piperazine rings is 1. The number of hydrogen-bond donors (Lipinski definition) is 2. The summed E-state index contributed by atoms with van der Waals surface area (Å²) in [6.07, 6.45) is -0.541. The van der Waals surface area contributed by atoms with Gasteiger partial charge in [-0.3, -0.25) is 5.32 Å². The van der Waals surface area contributed by atoms with Gasteiger partial charge in [0.2, 0.25) is 5.95 Å². The summed E-state index contributed by atoms with van der Waals surface area (Å²) in [7, 11) is 1.59.